The molecule has 0 saturated carbocycles. The molecule has 3 rings (SSSR count). The van der Waals surface area contributed by atoms with Gasteiger partial charge in [-0.3, -0.25) is 4.84 Å². The van der Waals surface area contributed by atoms with E-state index in [1.165, 1.54) is 25.7 Å². The molecule has 2 aliphatic rings. The van der Waals surface area contributed by atoms with E-state index in [1.54, 1.807) is 7.11 Å². The van der Waals surface area contributed by atoms with Crippen molar-refractivity contribution in [2.45, 2.75) is 25.7 Å². The Morgan fingerprint density at radius 3 is 2.26 bits per heavy atom. The van der Waals surface area contributed by atoms with Gasteiger partial charge in [0.2, 0.25) is 5.95 Å². The van der Waals surface area contributed by atoms with Crippen molar-refractivity contribution in [2.24, 2.45) is 0 Å². The molecule has 2 fully saturated rings. The molecule has 0 aromatic carbocycles. The minimum Gasteiger partial charge on any atom is -0.356 e. The summed E-state index contributed by atoms with van der Waals surface area (Å²) in [6.45, 7) is 4.28. The van der Waals surface area contributed by atoms with E-state index in [9.17, 15) is 0 Å². The standard InChI is InChI=1S/C13H21N5O/c1-19-16-11-10-12(17-6-2-3-7-17)15-13(14-11)18-8-4-5-9-18/h10H,2-9H2,1H3,(H,14,15,16). The first-order chi connectivity index (χ1) is 9.36. The van der Waals surface area contributed by atoms with Gasteiger partial charge in [-0.2, -0.15) is 9.97 Å². The minimum atomic E-state index is 0.737. The van der Waals surface area contributed by atoms with E-state index in [2.05, 4.69) is 20.3 Å². The average Bonchev–Trinajstić information content (AvgIpc) is 3.12. The van der Waals surface area contributed by atoms with E-state index in [0.29, 0.717) is 0 Å². The highest BCUT2D eigenvalue weighted by Crippen LogP contribution is 2.25. The minimum absolute atomic E-state index is 0.737. The number of rotatable bonds is 4. The third-order valence-corrected chi connectivity index (χ3v) is 3.73. The topological polar surface area (TPSA) is 53.5 Å². The van der Waals surface area contributed by atoms with Crippen LogP contribution in [0.5, 0.6) is 0 Å². The summed E-state index contributed by atoms with van der Waals surface area (Å²) in [5.74, 6) is 2.57. The zero-order valence-corrected chi connectivity index (χ0v) is 11.4. The summed E-state index contributed by atoms with van der Waals surface area (Å²) >= 11 is 0. The maximum atomic E-state index is 4.99. The largest absolute Gasteiger partial charge is 0.356 e. The van der Waals surface area contributed by atoms with E-state index in [4.69, 9.17) is 9.82 Å². The van der Waals surface area contributed by atoms with Crippen molar-refractivity contribution in [1.29, 1.82) is 0 Å². The van der Waals surface area contributed by atoms with Crippen LogP contribution in [-0.4, -0.2) is 43.3 Å². The second kappa shape index (κ2) is 5.61. The summed E-state index contributed by atoms with van der Waals surface area (Å²) in [4.78, 5) is 18.8. The van der Waals surface area contributed by atoms with Crippen LogP contribution in [0, 0.1) is 0 Å². The maximum absolute atomic E-state index is 4.99. The predicted octanol–water partition coefficient (Wildman–Crippen LogP) is 1.65. The van der Waals surface area contributed by atoms with Crippen LogP contribution in [0.3, 0.4) is 0 Å². The number of anilines is 3. The maximum Gasteiger partial charge on any atom is 0.229 e. The molecule has 0 spiro atoms. The molecule has 104 valence electrons. The van der Waals surface area contributed by atoms with E-state index in [0.717, 1.165) is 43.8 Å². The van der Waals surface area contributed by atoms with Crippen molar-refractivity contribution >= 4 is 17.6 Å². The summed E-state index contributed by atoms with van der Waals surface area (Å²) in [6.07, 6.45) is 4.95. The molecule has 6 heteroatoms. The van der Waals surface area contributed by atoms with Gasteiger partial charge in [0.05, 0.1) is 7.11 Å². The lowest BCUT2D eigenvalue weighted by Crippen LogP contribution is -2.24. The number of nitrogens with one attached hydrogen (secondary N) is 1. The van der Waals surface area contributed by atoms with Gasteiger partial charge in [0.25, 0.3) is 0 Å². The SMILES string of the molecule is CONc1cc(N2CCCC2)nc(N2CCCC2)n1. The zero-order valence-electron chi connectivity index (χ0n) is 11.4. The average molecular weight is 263 g/mol. The summed E-state index contributed by atoms with van der Waals surface area (Å²) in [5.41, 5.74) is 2.83. The smallest absolute Gasteiger partial charge is 0.229 e. The molecule has 1 aromatic rings. The summed E-state index contributed by atoms with van der Waals surface area (Å²) in [6, 6.07) is 1.97. The predicted molar refractivity (Wildman–Crippen MR) is 75.6 cm³/mol. The van der Waals surface area contributed by atoms with Crippen LogP contribution in [0.1, 0.15) is 25.7 Å². The summed E-state index contributed by atoms with van der Waals surface area (Å²) in [5, 5.41) is 0. The van der Waals surface area contributed by atoms with Gasteiger partial charge in [-0.15, -0.1) is 0 Å². The number of hydrogen-bond acceptors (Lipinski definition) is 6. The zero-order chi connectivity index (χ0) is 13.1. The van der Waals surface area contributed by atoms with Crippen LogP contribution in [-0.2, 0) is 4.84 Å². The molecule has 0 atom stereocenters. The Morgan fingerprint density at radius 1 is 1.00 bits per heavy atom. The quantitative estimate of drug-likeness (QED) is 0.834. The summed E-state index contributed by atoms with van der Waals surface area (Å²) in [7, 11) is 1.60. The van der Waals surface area contributed by atoms with Crippen molar-refractivity contribution in [3.8, 4) is 0 Å². The highest BCUT2D eigenvalue weighted by molar-refractivity contribution is 5.54. The molecule has 6 nitrogen and oxygen atoms in total. The molecule has 2 saturated heterocycles. The monoisotopic (exact) mass is 263 g/mol. The van der Waals surface area contributed by atoms with Crippen molar-refractivity contribution in [1.82, 2.24) is 9.97 Å². The van der Waals surface area contributed by atoms with Crippen molar-refractivity contribution in [3.63, 3.8) is 0 Å². The number of aromatic nitrogens is 2. The molecule has 1 N–H and O–H groups in total. The van der Waals surface area contributed by atoms with Gasteiger partial charge in [0.1, 0.15) is 5.82 Å². The van der Waals surface area contributed by atoms with Gasteiger partial charge >= 0.3 is 0 Å². The molecular weight excluding hydrogens is 242 g/mol. The van der Waals surface area contributed by atoms with E-state index in [1.807, 2.05) is 6.07 Å². The molecule has 3 heterocycles. The molecule has 19 heavy (non-hydrogen) atoms. The van der Waals surface area contributed by atoms with Gasteiger partial charge < -0.3 is 9.80 Å². The van der Waals surface area contributed by atoms with Crippen LogP contribution in [0.2, 0.25) is 0 Å². The molecule has 0 bridgehead atoms. The third-order valence-electron chi connectivity index (χ3n) is 3.73. The Morgan fingerprint density at radius 2 is 1.63 bits per heavy atom. The van der Waals surface area contributed by atoms with E-state index >= 15 is 0 Å². The number of nitrogens with zero attached hydrogens (tertiary/aromatic N) is 4. The van der Waals surface area contributed by atoms with Gasteiger partial charge in [0, 0.05) is 32.2 Å². The second-order valence-corrected chi connectivity index (χ2v) is 5.11. The molecular formula is C13H21N5O. The van der Waals surface area contributed by atoms with Crippen molar-refractivity contribution in [2.75, 3.05) is 48.6 Å². The lowest BCUT2D eigenvalue weighted by molar-refractivity contribution is 0.269. The van der Waals surface area contributed by atoms with Crippen LogP contribution in [0.15, 0.2) is 6.07 Å². The lowest BCUT2D eigenvalue weighted by Gasteiger charge is -2.21. The van der Waals surface area contributed by atoms with Crippen LogP contribution < -0.4 is 15.3 Å². The van der Waals surface area contributed by atoms with E-state index in [-0.39, 0.29) is 0 Å². The molecule has 2 aliphatic heterocycles. The summed E-state index contributed by atoms with van der Waals surface area (Å²) < 4.78 is 0. The molecule has 0 aliphatic carbocycles. The Kier molecular flexibility index (Phi) is 3.68. The van der Waals surface area contributed by atoms with Gasteiger partial charge in [-0.1, -0.05) is 0 Å². The molecule has 0 radical (unpaired) electrons. The van der Waals surface area contributed by atoms with Gasteiger partial charge in [-0.05, 0) is 25.7 Å². The van der Waals surface area contributed by atoms with Gasteiger partial charge in [0.15, 0.2) is 5.82 Å². The highest BCUT2D eigenvalue weighted by atomic mass is 16.6. The highest BCUT2D eigenvalue weighted by Gasteiger charge is 2.20. The van der Waals surface area contributed by atoms with Crippen LogP contribution in [0.25, 0.3) is 0 Å². The Labute approximate surface area is 113 Å². The van der Waals surface area contributed by atoms with Crippen molar-refractivity contribution < 1.29 is 4.84 Å². The number of hydrogen-bond donors (Lipinski definition) is 1. The second-order valence-electron chi connectivity index (χ2n) is 5.11. The first kappa shape index (κ1) is 12.5. The van der Waals surface area contributed by atoms with Crippen LogP contribution >= 0.6 is 0 Å². The Balaban J connectivity index is 1.88. The fraction of sp³-hybridized carbons (Fsp3) is 0.692. The Bertz CT molecular complexity index is 393. The molecule has 0 unspecified atom stereocenters. The van der Waals surface area contributed by atoms with E-state index < -0.39 is 0 Å². The first-order valence-electron chi connectivity index (χ1n) is 7.05. The van der Waals surface area contributed by atoms with Gasteiger partial charge in [-0.25, -0.2) is 5.48 Å². The fourth-order valence-corrected chi connectivity index (χ4v) is 2.75. The first-order valence-corrected chi connectivity index (χ1v) is 7.05. The van der Waals surface area contributed by atoms with Crippen molar-refractivity contribution in [3.05, 3.63) is 6.07 Å². The molecule has 0 amide bonds. The Hall–Kier alpha value is -1.56. The fourth-order valence-electron chi connectivity index (χ4n) is 2.75. The molecule has 1 aromatic heterocycles. The lowest BCUT2D eigenvalue weighted by atomic mass is 10.4. The third kappa shape index (κ3) is 2.73. The van der Waals surface area contributed by atoms with Crippen LogP contribution in [0.4, 0.5) is 17.6 Å². The normalized spacial score (nSPS) is 19.2.